The molecule has 0 aliphatic rings. The number of hydrogen-bond acceptors (Lipinski definition) is 18. The summed E-state index contributed by atoms with van der Waals surface area (Å²) in [7, 11) is 0. The van der Waals surface area contributed by atoms with Gasteiger partial charge in [-0.05, 0) is 79.7 Å². The molecule has 3 heterocycles. The zero-order chi connectivity index (χ0) is 55.9. The van der Waals surface area contributed by atoms with E-state index >= 15 is 0 Å². The van der Waals surface area contributed by atoms with Gasteiger partial charge in [-0.2, -0.15) is 63.1 Å². The summed E-state index contributed by atoms with van der Waals surface area (Å²) >= 11 is 0. The highest BCUT2D eigenvalue weighted by Crippen LogP contribution is 2.42. The topological polar surface area (TPSA) is 363 Å². The van der Waals surface area contributed by atoms with Gasteiger partial charge < -0.3 is 0 Å². The van der Waals surface area contributed by atoms with Gasteiger partial charge in [-0.1, -0.05) is 36.4 Å². The van der Waals surface area contributed by atoms with Gasteiger partial charge in [-0.25, -0.2) is 24.9 Å². The van der Waals surface area contributed by atoms with E-state index in [1.54, 1.807) is 43.3 Å². The predicted octanol–water partition coefficient (Wildman–Crippen LogP) is 10.2. The van der Waals surface area contributed by atoms with Crippen molar-refractivity contribution >= 4 is 0 Å². The van der Waals surface area contributed by atoms with Crippen LogP contribution >= 0.6 is 0 Å². The van der Waals surface area contributed by atoms with E-state index < -0.39 is 0 Å². The normalized spacial score (nSPS) is 9.94. The van der Waals surface area contributed by atoms with Gasteiger partial charge in [0.2, 0.25) is 0 Å². The molecule has 3 aromatic heterocycles. The molecule has 6 aromatic carbocycles. The van der Waals surface area contributed by atoms with Crippen LogP contribution in [0.15, 0.2) is 115 Å². The van der Waals surface area contributed by atoms with Crippen molar-refractivity contribution in [3.8, 4) is 163 Å². The number of nitriles is 12. The molecule has 79 heavy (non-hydrogen) atoms. The highest BCUT2D eigenvalue weighted by Gasteiger charge is 2.28. The number of nitrogens with zero attached hydrogens (tertiary/aromatic N) is 18. The maximum absolute atomic E-state index is 10.3. The van der Waals surface area contributed by atoms with E-state index in [4.69, 9.17) is 29.9 Å². The van der Waals surface area contributed by atoms with Crippen LogP contribution in [0.4, 0.5) is 0 Å². The van der Waals surface area contributed by atoms with Crippen LogP contribution in [0.1, 0.15) is 72.5 Å². The molecule has 18 heteroatoms. The Morgan fingerprint density at radius 1 is 0.241 bits per heavy atom. The average molecular weight is 1010 g/mol. The molecule has 9 rings (SSSR count). The third kappa shape index (κ3) is 9.18. The van der Waals surface area contributed by atoms with E-state index in [0.717, 1.165) is 0 Å². The van der Waals surface area contributed by atoms with Crippen LogP contribution in [-0.2, 0) is 0 Å². The molecule has 0 spiro atoms. The standard InChI is InChI=1S/C61H22N18/c1-33-53(77-57(37-5-11-43(23-65)49(17-37)29-71)56(75-33)36-4-10-42(22-64)48(16-36)28-70)61-60(78-58(38-6-12-44(24-66)50(18-38)30-72)59(79-61)39-7-13-45(25-67)51(19-39)31-73)52-32-74-54(34-2-8-40(20-62)46(14-34)26-68)55(76-52)35-3-9-41(21-63)47(15-35)27-69/h2-19,32H,1H3. The zero-order valence-electron chi connectivity index (χ0n) is 40.5. The predicted molar refractivity (Wildman–Crippen MR) is 278 cm³/mol. The minimum Gasteiger partial charge on any atom is -0.252 e. The molecule has 18 nitrogen and oxygen atoms in total. The van der Waals surface area contributed by atoms with Crippen LogP contribution in [0.5, 0.6) is 0 Å². The van der Waals surface area contributed by atoms with Crippen LogP contribution in [0.2, 0.25) is 0 Å². The number of aryl methyl sites for hydroxylation is 1. The van der Waals surface area contributed by atoms with Crippen molar-refractivity contribution in [2.45, 2.75) is 6.92 Å². The van der Waals surface area contributed by atoms with Gasteiger partial charge in [0.15, 0.2) is 0 Å². The van der Waals surface area contributed by atoms with Crippen molar-refractivity contribution in [2.75, 3.05) is 0 Å². The van der Waals surface area contributed by atoms with Gasteiger partial charge in [-0.15, -0.1) is 0 Å². The van der Waals surface area contributed by atoms with Crippen molar-refractivity contribution in [1.82, 2.24) is 29.9 Å². The Labute approximate surface area is 449 Å². The zero-order valence-corrected chi connectivity index (χ0v) is 40.5. The molecule has 0 N–H and O–H groups in total. The van der Waals surface area contributed by atoms with E-state index in [1.807, 2.05) is 72.8 Å². The monoisotopic (exact) mass is 1010 g/mol. The van der Waals surface area contributed by atoms with Crippen LogP contribution < -0.4 is 0 Å². The first kappa shape index (κ1) is 50.4. The molecule has 0 bridgehead atoms. The third-order valence-corrected chi connectivity index (χ3v) is 12.4. The summed E-state index contributed by atoms with van der Waals surface area (Å²) in [6, 6.07) is 51.0. The van der Waals surface area contributed by atoms with E-state index in [0.29, 0.717) is 16.7 Å². The fraction of sp³-hybridized carbons (Fsp3) is 0.0164. The van der Waals surface area contributed by atoms with Gasteiger partial charge in [0.05, 0.1) is 113 Å². The molecular formula is C61H22N18. The quantitative estimate of drug-likeness (QED) is 0.136. The molecule has 356 valence electrons. The van der Waals surface area contributed by atoms with Gasteiger partial charge in [0.1, 0.15) is 95.6 Å². The summed E-state index contributed by atoms with van der Waals surface area (Å²) in [6.07, 6.45) is 1.36. The smallest absolute Gasteiger partial charge is 0.119 e. The van der Waals surface area contributed by atoms with Crippen LogP contribution in [0, 0.1) is 143 Å². The van der Waals surface area contributed by atoms with E-state index in [1.165, 1.54) is 79.0 Å². The molecular weight excluding hydrogens is 985 g/mol. The number of aromatic nitrogens is 6. The van der Waals surface area contributed by atoms with Crippen molar-refractivity contribution < 1.29 is 0 Å². The second kappa shape index (κ2) is 21.3. The lowest BCUT2D eigenvalue weighted by atomic mass is 9.96. The Bertz CT molecular complexity index is 4730. The number of benzene rings is 6. The highest BCUT2D eigenvalue weighted by atomic mass is 14.9. The minimum absolute atomic E-state index is 0.000448. The Balaban J connectivity index is 1.46. The van der Waals surface area contributed by atoms with Crippen LogP contribution in [0.25, 0.3) is 90.3 Å². The molecule has 0 aliphatic carbocycles. The van der Waals surface area contributed by atoms with Crippen molar-refractivity contribution in [3.05, 3.63) is 188 Å². The summed E-state index contributed by atoms with van der Waals surface area (Å²) in [4.78, 5) is 30.9. The number of hydrogen-bond donors (Lipinski definition) is 0. The molecule has 0 saturated heterocycles. The maximum Gasteiger partial charge on any atom is 0.119 e. The fourth-order valence-electron chi connectivity index (χ4n) is 8.53. The molecule has 0 aliphatic heterocycles. The van der Waals surface area contributed by atoms with Crippen molar-refractivity contribution in [3.63, 3.8) is 0 Å². The third-order valence-electron chi connectivity index (χ3n) is 12.4. The largest absolute Gasteiger partial charge is 0.252 e. The Morgan fingerprint density at radius 3 is 0.772 bits per heavy atom. The second-order valence-corrected chi connectivity index (χ2v) is 16.8. The summed E-state index contributed by atoms with van der Waals surface area (Å²) in [5, 5.41) is 120. The van der Waals surface area contributed by atoms with Gasteiger partial charge in [0, 0.05) is 33.4 Å². The average Bonchev–Trinajstić information content (AvgIpc) is 3.60. The van der Waals surface area contributed by atoms with Gasteiger partial charge in [0.25, 0.3) is 0 Å². The summed E-state index contributed by atoms with van der Waals surface area (Å²) in [5.74, 6) is 0. The first-order valence-electron chi connectivity index (χ1n) is 22.9. The molecule has 0 amide bonds. The highest BCUT2D eigenvalue weighted by molar-refractivity contribution is 5.90. The molecule has 0 saturated carbocycles. The van der Waals surface area contributed by atoms with Gasteiger partial charge in [-0.3, -0.25) is 4.98 Å². The first-order valence-corrected chi connectivity index (χ1v) is 22.9. The molecule has 0 radical (unpaired) electrons. The summed E-state index contributed by atoms with van der Waals surface area (Å²) in [6.45, 7) is 1.62. The molecule has 0 unspecified atom stereocenters. The fourth-order valence-corrected chi connectivity index (χ4v) is 8.53. The summed E-state index contributed by atoms with van der Waals surface area (Å²) < 4.78 is 0. The van der Waals surface area contributed by atoms with Gasteiger partial charge >= 0.3 is 0 Å². The van der Waals surface area contributed by atoms with Crippen molar-refractivity contribution in [1.29, 1.82) is 63.1 Å². The molecule has 0 atom stereocenters. The lowest BCUT2D eigenvalue weighted by molar-refractivity contribution is 1.09. The lowest BCUT2D eigenvalue weighted by Gasteiger charge is -2.19. The maximum atomic E-state index is 10.3. The van der Waals surface area contributed by atoms with E-state index in [2.05, 4.69) is 0 Å². The SMILES string of the molecule is Cc1nc(-c2ccc(C#N)c(C#N)c2)c(-c2ccc(C#N)c(C#N)c2)nc1-c1nc(-c2ccc(C#N)c(C#N)c2)c(-c2ccc(C#N)c(C#N)c2)nc1-c1cnc(-c2ccc(C#N)c(C#N)c2)c(-c2ccc(C#N)c(C#N)c2)n1. The number of rotatable bonds is 8. The van der Waals surface area contributed by atoms with Crippen molar-refractivity contribution in [2.24, 2.45) is 0 Å². The molecule has 9 aromatic rings. The lowest BCUT2D eigenvalue weighted by Crippen LogP contribution is -2.08. The first-order chi connectivity index (χ1) is 38.5. The Morgan fingerprint density at radius 2 is 0.481 bits per heavy atom. The van der Waals surface area contributed by atoms with Crippen LogP contribution in [-0.4, -0.2) is 29.9 Å². The van der Waals surface area contributed by atoms with Crippen LogP contribution in [0.3, 0.4) is 0 Å². The summed E-state index contributed by atoms with van der Waals surface area (Å²) in [5.41, 5.74) is 3.19. The molecule has 0 fully saturated rings. The second-order valence-electron chi connectivity index (χ2n) is 16.8. The van der Waals surface area contributed by atoms with E-state index in [-0.39, 0.29) is 146 Å². The minimum atomic E-state index is -0.0402. The van der Waals surface area contributed by atoms with E-state index in [9.17, 15) is 63.1 Å². The Kier molecular flexibility index (Phi) is 13.6. The Hall–Kier alpha value is -13.6.